The van der Waals surface area contributed by atoms with Gasteiger partial charge in [-0.05, 0) is 63.9 Å². The van der Waals surface area contributed by atoms with Crippen LogP contribution in [0.2, 0.25) is 5.02 Å². The molecule has 2 aromatic rings. The zero-order valence-corrected chi connectivity index (χ0v) is 17.8. The van der Waals surface area contributed by atoms with Crippen LogP contribution in [0.15, 0.2) is 18.2 Å². The van der Waals surface area contributed by atoms with Gasteiger partial charge in [0.05, 0.1) is 17.9 Å². The molecule has 0 aliphatic carbocycles. The highest BCUT2D eigenvalue weighted by Crippen LogP contribution is 2.23. The fourth-order valence-corrected chi connectivity index (χ4v) is 3.13. The van der Waals surface area contributed by atoms with E-state index >= 15 is 0 Å². The van der Waals surface area contributed by atoms with E-state index in [0.29, 0.717) is 27.6 Å². The molecule has 8 heteroatoms. The lowest BCUT2D eigenvalue weighted by Crippen LogP contribution is -2.28. The van der Waals surface area contributed by atoms with Crippen LogP contribution in [0.1, 0.15) is 51.5 Å². The van der Waals surface area contributed by atoms with Crippen LogP contribution in [0, 0.1) is 20.8 Å². The molecule has 1 heterocycles. The summed E-state index contributed by atoms with van der Waals surface area (Å²) in [6.45, 7) is 8.17. The summed E-state index contributed by atoms with van der Waals surface area (Å²) in [6, 6.07) is 5.02. The van der Waals surface area contributed by atoms with Gasteiger partial charge in [0, 0.05) is 10.7 Å². The highest BCUT2D eigenvalue weighted by atomic mass is 35.5. The molecule has 0 unspecified atom stereocenters. The van der Waals surface area contributed by atoms with Gasteiger partial charge in [0.15, 0.2) is 12.7 Å². The van der Waals surface area contributed by atoms with E-state index in [9.17, 15) is 14.4 Å². The molecule has 0 radical (unpaired) electrons. The van der Waals surface area contributed by atoms with Crippen LogP contribution in [-0.2, 0) is 14.3 Å². The molecular formula is C21H24ClNO6. The molecule has 1 atom stereocenters. The summed E-state index contributed by atoms with van der Waals surface area (Å²) in [5, 5.41) is 0.565. The minimum atomic E-state index is -1.05. The maximum absolute atomic E-state index is 12.7. The first-order valence-corrected chi connectivity index (χ1v) is 9.52. The Morgan fingerprint density at radius 1 is 1.17 bits per heavy atom. The van der Waals surface area contributed by atoms with E-state index in [-0.39, 0.29) is 18.9 Å². The van der Waals surface area contributed by atoms with Gasteiger partial charge in [-0.15, -0.1) is 0 Å². The molecule has 156 valence electrons. The van der Waals surface area contributed by atoms with Crippen LogP contribution in [0.4, 0.5) is 0 Å². The van der Waals surface area contributed by atoms with E-state index in [2.05, 4.69) is 4.98 Å². The van der Waals surface area contributed by atoms with Crippen molar-refractivity contribution in [2.45, 2.75) is 40.7 Å². The number of benzene rings is 1. The normalized spacial score (nSPS) is 11.7. The first-order valence-electron chi connectivity index (χ1n) is 9.14. The number of H-pyrrole nitrogens is 1. The van der Waals surface area contributed by atoms with Gasteiger partial charge in [0.2, 0.25) is 5.78 Å². The van der Waals surface area contributed by atoms with Gasteiger partial charge in [-0.1, -0.05) is 11.6 Å². The van der Waals surface area contributed by atoms with Crippen molar-refractivity contribution in [2.24, 2.45) is 0 Å². The second kappa shape index (κ2) is 9.60. The Labute approximate surface area is 174 Å². The van der Waals surface area contributed by atoms with Gasteiger partial charge in [0.25, 0.3) is 0 Å². The van der Waals surface area contributed by atoms with Crippen LogP contribution in [0.5, 0.6) is 5.75 Å². The number of nitrogens with one attached hydrogen (secondary N) is 1. The number of ketones is 1. The molecule has 1 aromatic carbocycles. The molecule has 2 rings (SSSR count). The molecule has 0 amide bonds. The maximum Gasteiger partial charge on any atom is 0.344 e. The molecular weight excluding hydrogens is 398 g/mol. The molecule has 1 N–H and O–H groups in total. The monoisotopic (exact) mass is 421 g/mol. The van der Waals surface area contributed by atoms with E-state index in [4.69, 9.17) is 25.8 Å². The molecule has 0 saturated heterocycles. The molecule has 29 heavy (non-hydrogen) atoms. The number of ether oxygens (including phenoxy) is 3. The Kier molecular flexibility index (Phi) is 7.45. The number of carbonyl (C=O) groups excluding carboxylic acids is 3. The van der Waals surface area contributed by atoms with Crippen LogP contribution < -0.4 is 4.74 Å². The average Bonchev–Trinajstić information content (AvgIpc) is 2.94. The number of rotatable bonds is 8. The summed E-state index contributed by atoms with van der Waals surface area (Å²) in [5.41, 5.74) is 2.28. The van der Waals surface area contributed by atoms with E-state index in [1.165, 1.54) is 6.92 Å². The summed E-state index contributed by atoms with van der Waals surface area (Å²) in [4.78, 5) is 39.7. The van der Waals surface area contributed by atoms with Gasteiger partial charge in [-0.25, -0.2) is 9.59 Å². The van der Waals surface area contributed by atoms with Crippen molar-refractivity contribution in [1.82, 2.24) is 4.98 Å². The number of hydrogen-bond donors (Lipinski definition) is 1. The molecule has 0 aliphatic rings. The van der Waals surface area contributed by atoms with Gasteiger partial charge in [-0.3, -0.25) is 4.79 Å². The van der Waals surface area contributed by atoms with Gasteiger partial charge in [-0.2, -0.15) is 0 Å². The number of aromatic nitrogens is 1. The lowest BCUT2D eigenvalue weighted by atomic mass is 10.1. The number of Topliss-reactive ketones (excluding diaryl/α,β-unsaturated/α-hetero) is 1. The Bertz CT molecular complexity index is 933. The Morgan fingerprint density at radius 2 is 1.86 bits per heavy atom. The van der Waals surface area contributed by atoms with Crippen molar-refractivity contribution >= 4 is 29.3 Å². The van der Waals surface area contributed by atoms with Gasteiger partial charge >= 0.3 is 11.9 Å². The highest BCUT2D eigenvalue weighted by Gasteiger charge is 2.27. The summed E-state index contributed by atoms with van der Waals surface area (Å²) >= 11 is 5.89. The molecule has 0 spiro atoms. The van der Waals surface area contributed by atoms with Crippen molar-refractivity contribution in [3.8, 4) is 5.75 Å². The largest absolute Gasteiger partial charge is 0.482 e. The predicted molar refractivity (Wildman–Crippen MR) is 108 cm³/mol. The number of hydrogen-bond acceptors (Lipinski definition) is 6. The molecule has 0 fully saturated rings. The first-order chi connectivity index (χ1) is 13.6. The van der Waals surface area contributed by atoms with Crippen molar-refractivity contribution in [2.75, 3.05) is 13.2 Å². The van der Waals surface area contributed by atoms with Crippen molar-refractivity contribution in [3.05, 3.63) is 51.3 Å². The average molecular weight is 422 g/mol. The second-order valence-electron chi connectivity index (χ2n) is 6.54. The van der Waals surface area contributed by atoms with Crippen LogP contribution in [0.3, 0.4) is 0 Å². The van der Waals surface area contributed by atoms with E-state index < -0.39 is 23.8 Å². The third-order valence-corrected chi connectivity index (χ3v) is 4.56. The standard InChI is InChI=1S/C21H24ClNO6/c1-6-27-21(26)18-12(3)19(23-13(18)4)20(25)14(5)29-17(24)10-28-16-8-7-15(22)9-11(16)2/h7-9,14,23H,6,10H2,1-5H3/t14-/m0/s1. The Morgan fingerprint density at radius 3 is 2.48 bits per heavy atom. The Hall–Kier alpha value is -2.80. The van der Waals surface area contributed by atoms with Crippen molar-refractivity contribution in [3.63, 3.8) is 0 Å². The minimum Gasteiger partial charge on any atom is -0.482 e. The van der Waals surface area contributed by atoms with Crippen molar-refractivity contribution < 1.29 is 28.6 Å². The fraction of sp³-hybridized carbons (Fsp3) is 0.381. The third kappa shape index (κ3) is 5.38. The number of aromatic amines is 1. The second-order valence-corrected chi connectivity index (χ2v) is 6.98. The van der Waals surface area contributed by atoms with Crippen LogP contribution in [0.25, 0.3) is 0 Å². The summed E-state index contributed by atoms with van der Waals surface area (Å²) in [5.74, 6) is -1.14. The molecule has 1 aromatic heterocycles. The van der Waals surface area contributed by atoms with Gasteiger partial charge < -0.3 is 19.2 Å². The molecule has 0 aliphatic heterocycles. The quantitative estimate of drug-likeness (QED) is 0.512. The van der Waals surface area contributed by atoms with Crippen LogP contribution >= 0.6 is 11.6 Å². The maximum atomic E-state index is 12.7. The van der Waals surface area contributed by atoms with E-state index in [1.54, 1.807) is 45.9 Å². The number of halogens is 1. The van der Waals surface area contributed by atoms with E-state index in [1.807, 2.05) is 0 Å². The topological polar surface area (TPSA) is 94.7 Å². The summed E-state index contributed by atoms with van der Waals surface area (Å²) in [6.07, 6.45) is -1.05. The minimum absolute atomic E-state index is 0.209. The Balaban J connectivity index is 2.02. The van der Waals surface area contributed by atoms with Crippen molar-refractivity contribution in [1.29, 1.82) is 0 Å². The molecule has 7 nitrogen and oxygen atoms in total. The first kappa shape index (κ1) is 22.5. The molecule has 0 saturated carbocycles. The lowest BCUT2D eigenvalue weighted by molar-refractivity contribution is -0.148. The number of aryl methyl sites for hydroxylation is 2. The third-order valence-electron chi connectivity index (χ3n) is 4.32. The highest BCUT2D eigenvalue weighted by molar-refractivity contribution is 6.30. The molecule has 0 bridgehead atoms. The fourth-order valence-electron chi connectivity index (χ4n) is 2.91. The summed E-state index contributed by atoms with van der Waals surface area (Å²) in [7, 11) is 0. The van der Waals surface area contributed by atoms with Crippen LogP contribution in [-0.4, -0.2) is 42.0 Å². The zero-order valence-electron chi connectivity index (χ0n) is 17.1. The lowest BCUT2D eigenvalue weighted by Gasteiger charge is -2.13. The zero-order chi connectivity index (χ0) is 21.7. The number of carbonyl (C=O) groups is 3. The smallest absolute Gasteiger partial charge is 0.344 e. The number of esters is 2. The summed E-state index contributed by atoms with van der Waals surface area (Å²) < 4.78 is 15.6. The SMILES string of the molecule is CCOC(=O)c1c(C)[nH]c(C(=O)[C@H](C)OC(=O)COc2ccc(Cl)cc2C)c1C. The van der Waals surface area contributed by atoms with Gasteiger partial charge in [0.1, 0.15) is 5.75 Å². The predicted octanol–water partition coefficient (Wildman–Crippen LogP) is 3.96. The van der Waals surface area contributed by atoms with E-state index in [0.717, 1.165) is 5.56 Å².